The van der Waals surface area contributed by atoms with Gasteiger partial charge in [0.25, 0.3) is 11.5 Å². The molecule has 0 saturated carbocycles. The SMILES string of the molecule is CCN(CC)C(=O)c1cc(=O)n(CC(=O)Nc2ccc(F)c(Cl)c2)c2ccccc12. The van der Waals surface area contributed by atoms with Gasteiger partial charge in [0.1, 0.15) is 12.4 Å². The van der Waals surface area contributed by atoms with Gasteiger partial charge in [-0.3, -0.25) is 19.0 Å². The Morgan fingerprint density at radius 2 is 1.80 bits per heavy atom. The number of pyridine rings is 1. The second-order valence-corrected chi connectivity index (χ2v) is 7.06. The molecule has 0 saturated heterocycles. The molecular formula is C22H21ClFN3O3. The lowest BCUT2D eigenvalue weighted by molar-refractivity contribution is -0.116. The van der Waals surface area contributed by atoms with Crippen molar-refractivity contribution in [3.63, 3.8) is 0 Å². The third-order valence-electron chi connectivity index (χ3n) is 4.81. The minimum absolute atomic E-state index is 0.116. The molecule has 156 valence electrons. The van der Waals surface area contributed by atoms with Gasteiger partial charge in [-0.05, 0) is 38.1 Å². The van der Waals surface area contributed by atoms with E-state index < -0.39 is 17.3 Å². The summed E-state index contributed by atoms with van der Waals surface area (Å²) in [6, 6.07) is 12.0. The molecule has 0 unspecified atom stereocenters. The molecule has 0 bridgehead atoms. The van der Waals surface area contributed by atoms with E-state index in [1.165, 1.54) is 22.8 Å². The highest BCUT2D eigenvalue weighted by molar-refractivity contribution is 6.31. The van der Waals surface area contributed by atoms with Crippen LogP contribution >= 0.6 is 11.6 Å². The van der Waals surface area contributed by atoms with Crippen LogP contribution in [-0.2, 0) is 11.3 Å². The summed E-state index contributed by atoms with van der Waals surface area (Å²) in [7, 11) is 0. The quantitative estimate of drug-likeness (QED) is 0.645. The van der Waals surface area contributed by atoms with Gasteiger partial charge in [-0.1, -0.05) is 29.8 Å². The standard InChI is InChI=1S/C22H21ClFN3O3/c1-3-26(4-2)22(30)16-12-21(29)27(19-8-6-5-7-15(16)19)13-20(28)25-14-9-10-18(24)17(23)11-14/h5-12H,3-4,13H2,1-2H3,(H,25,28). The summed E-state index contributed by atoms with van der Waals surface area (Å²) in [5.74, 6) is -1.30. The normalized spacial score (nSPS) is 10.8. The van der Waals surface area contributed by atoms with Gasteiger partial charge in [-0.25, -0.2) is 4.39 Å². The lowest BCUT2D eigenvalue weighted by Gasteiger charge is -2.20. The van der Waals surface area contributed by atoms with E-state index in [-0.39, 0.29) is 17.5 Å². The van der Waals surface area contributed by atoms with E-state index in [9.17, 15) is 18.8 Å². The van der Waals surface area contributed by atoms with Gasteiger partial charge in [0.15, 0.2) is 0 Å². The van der Waals surface area contributed by atoms with Crippen molar-refractivity contribution in [2.45, 2.75) is 20.4 Å². The van der Waals surface area contributed by atoms with E-state index in [1.54, 1.807) is 29.2 Å². The van der Waals surface area contributed by atoms with Crippen LogP contribution in [0.4, 0.5) is 10.1 Å². The van der Waals surface area contributed by atoms with Crippen LogP contribution in [0, 0.1) is 5.82 Å². The Labute approximate surface area is 177 Å². The van der Waals surface area contributed by atoms with Gasteiger partial charge < -0.3 is 10.2 Å². The van der Waals surface area contributed by atoms with Crippen LogP contribution in [0.25, 0.3) is 10.9 Å². The van der Waals surface area contributed by atoms with Crippen LogP contribution in [0.5, 0.6) is 0 Å². The van der Waals surface area contributed by atoms with Crippen LogP contribution in [0.2, 0.25) is 5.02 Å². The molecule has 0 fully saturated rings. The topological polar surface area (TPSA) is 71.4 Å². The number of carbonyl (C=O) groups is 2. The number of aromatic nitrogens is 1. The van der Waals surface area contributed by atoms with Crippen molar-refractivity contribution in [1.29, 1.82) is 0 Å². The Hall–Kier alpha value is -3.19. The Morgan fingerprint density at radius 1 is 1.10 bits per heavy atom. The number of halogens is 2. The predicted molar refractivity (Wildman–Crippen MR) is 115 cm³/mol. The maximum absolute atomic E-state index is 13.3. The summed E-state index contributed by atoms with van der Waals surface area (Å²) in [6.07, 6.45) is 0. The van der Waals surface area contributed by atoms with Gasteiger partial charge in [-0.2, -0.15) is 0 Å². The zero-order valence-corrected chi connectivity index (χ0v) is 17.4. The molecule has 8 heteroatoms. The molecule has 0 atom stereocenters. The molecule has 2 aromatic carbocycles. The van der Waals surface area contributed by atoms with Gasteiger partial charge >= 0.3 is 0 Å². The zero-order valence-electron chi connectivity index (χ0n) is 16.6. The molecule has 0 spiro atoms. The molecular weight excluding hydrogens is 409 g/mol. The summed E-state index contributed by atoms with van der Waals surface area (Å²) in [5.41, 5.74) is 0.641. The number of anilines is 1. The highest BCUT2D eigenvalue weighted by Crippen LogP contribution is 2.21. The molecule has 2 amide bonds. The van der Waals surface area contributed by atoms with E-state index in [1.807, 2.05) is 13.8 Å². The van der Waals surface area contributed by atoms with Crippen molar-refractivity contribution in [1.82, 2.24) is 9.47 Å². The van der Waals surface area contributed by atoms with Crippen molar-refractivity contribution in [2.75, 3.05) is 18.4 Å². The first-order chi connectivity index (χ1) is 14.3. The van der Waals surface area contributed by atoms with Crippen molar-refractivity contribution in [3.8, 4) is 0 Å². The molecule has 1 aromatic heterocycles. The molecule has 1 N–H and O–H groups in total. The van der Waals surface area contributed by atoms with Crippen molar-refractivity contribution in [3.05, 3.63) is 75.3 Å². The van der Waals surface area contributed by atoms with E-state index in [0.717, 1.165) is 6.07 Å². The maximum Gasteiger partial charge on any atom is 0.254 e. The van der Waals surface area contributed by atoms with Crippen LogP contribution in [0.15, 0.2) is 53.3 Å². The monoisotopic (exact) mass is 429 g/mol. The third-order valence-corrected chi connectivity index (χ3v) is 5.09. The van der Waals surface area contributed by atoms with E-state index in [0.29, 0.717) is 35.2 Å². The Balaban J connectivity index is 1.97. The fourth-order valence-electron chi connectivity index (χ4n) is 3.27. The van der Waals surface area contributed by atoms with Crippen molar-refractivity contribution in [2.24, 2.45) is 0 Å². The molecule has 6 nitrogen and oxygen atoms in total. The molecule has 0 aliphatic carbocycles. The smallest absolute Gasteiger partial charge is 0.254 e. The molecule has 30 heavy (non-hydrogen) atoms. The summed E-state index contributed by atoms with van der Waals surface area (Å²) in [6.45, 7) is 4.52. The fraction of sp³-hybridized carbons (Fsp3) is 0.227. The summed E-state index contributed by atoms with van der Waals surface area (Å²) in [5, 5.41) is 3.07. The van der Waals surface area contributed by atoms with E-state index >= 15 is 0 Å². The Morgan fingerprint density at radius 3 is 2.47 bits per heavy atom. The lowest BCUT2D eigenvalue weighted by atomic mass is 10.1. The number of fused-ring (bicyclic) bond motifs is 1. The molecule has 0 aliphatic rings. The average molecular weight is 430 g/mol. The number of amides is 2. The number of hydrogen-bond donors (Lipinski definition) is 1. The number of benzene rings is 2. The van der Waals surface area contributed by atoms with Crippen LogP contribution in [0.3, 0.4) is 0 Å². The zero-order chi connectivity index (χ0) is 21.8. The number of para-hydroxylation sites is 1. The third kappa shape index (κ3) is 4.36. The molecule has 1 heterocycles. The highest BCUT2D eigenvalue weighted by Gasteiger charge is 2.19. The molecule has 0 radical (unpaired) electrons. The largest absolute Gasteiger partial charge is 0.339 e. The maximum atomic E-state index is 13.3. The minimum Gasteiger partial charge on any atom is -0.339 e. The second kappa shape index (κ2) is 9.09. The number of nitrogens with zero attached hydrogens (tertiary/aromatic N) is 2. The number of nitrogens with one attached hydrogen (secondary N) is 1. The van der Waals surface area contributed by atoms with Crippen molar-refractivity contribution < 1.29 is 14.0 Å². The van der Waals surface area contributed by atoms with Gasteiger partial charge in [0.05, 0.1) is 16.1 Å². The number of rotatable bonds is 6. The van der Waals surface area contributed by atoms with Gasteiger partial charge in [0.2, 0.25) is 5.91 Å². The first-order valence-electron chi connectivity index (χ1n) is 9.52. The predicted octanol–water partition coefficient (Wildman–Crippen LogP) is 3.91. The van der Waals surface area contributed by atoms with E-state index in [4.69, 9.17) is 11.6 Å². The average Bonchev–Trinajstić information content (AvgIpc) is 2.73. The van der Waals surface area contributed by atoms with Crippen LogP contribution in [-0.4, -0.2) is 34.4 Å². The Kier molecular flexibility index (Phi) is 6.52. The summed E-state index contributed by atoms with van der Waals surface area (Å²) < 4.78 is 14.6. The molecule has 0 aliphatic heterocycles. The van der Waals surface area contributed by atoms with Crippen LogP contribution in [0.1, 0.15) is 24.2 Å². The lowest BCUT2D eigenvalue weighted by Crippen LogP contribution is -2.33. The first kappa shape index (κ1) is 21.5. The van der Waals surface area contributed by atoms with Crippen LogP contribution < -0.4 is 10.9 Å². The van der Waals surface area contributed by atoms with E-state index in [2.05, 4.69) is 5.32 Å². The fourth-order valence-corrected chi connectivity index (χ4v) is 3.45. The van der Waals surface area contributed by atoms with Gasteiger partial charge in [-0.15, -0.1) is 0 Å². The second-order valence-electron chi connectivity index (χ2n) is 6.65. The molecule has 3 rings (SSSR count). The number of hydrogen-bond acceptors (Lipinski definition) is 3. The molecule has 3 aromatic rings. The first-order valence-corrected chi connectivity index (χ1v) is 9.90. The Bertz CT molecular complexity index is 1170. The van der Waals surface area contributed by atoms with Crippen molar-refractivity contribution >= 4 is 40.0 Å². The number of carbonyl (C=O) groups excluding carboxylic acids is 2. The summed E-state index contributed by atoms with van der Waals surface area (Å²) >= 11 is 5.74. The highest BCUT2D eigenvalue weighted by atomic mass is 35.5. The van der Waals surface area contributed by atoms with Gasteiger partial charge in [0, 0.05) is 30.2 Å². The summed E-state index contributed by atoms with van der Waals surface area (Å²) in [4.78, 5) is 39.8. The minimum atomic E-state index is -0.592.